The molecule has 0 unspecified atom stereocenters. The third-order valence-electron chi connectivity index (χ3n) is 4.88. The molecule has 1 saturated carbocycles. The highest BCUT2D eigenvalue weighted by Gasteiger charge is 2.43. The third-order valence-corrected chi connectivity index (χ3v) is 4.88. The Kier molecular flexibility index (Phi) is 6.76. The lowest BCUT2D eigenvalue weighted by molar-refractivity contribution is -0.137. The zero-order valence-electron chi connectivity index (χ0n) is 14.0. The monoisotopic (exact) mass is 335 g/mol. The average molecular weight is 335 g/mol. The van der Waals surface area contributed by atoms with Crippen molar-refractivity contribution in [2.24, 2.45) is 0 Å². The van der Waals surface area contributed by atoms with E-state index in [9.17, 15) is 14.0 Å². The summed E-state index contributed by atoms with van der Waals surface area (Å²) in [6.07, 6.45) is 6.69. The van der Waals surface area contributed by atoms with Crippen LogP contribution in [0.1, 0.15) is 63.4 Å². The van der Waals surface area contributed by atoms with Gasteiger partial charge in [-0.25, -0.2) is 4.39 Å². The fraction of sp³-hybridized carbons (Fsp3) is 0.579. The van der Waals surface area contributed by atoms with Crippen molar-refractivity contribution in [1.82, 2.24) is 5.32 Å². The Labute approximate surface area is 142 Å². The number of nitrogens with one attached hydrogen (secondary N) is 1. The molecule has 0 saturated heterocycles. The Bertz CT molecular complexity index is 567. The summed E-state index contributed by atoms with van der Waals surface area (Å²) in [6, 6.07) is 6.59. The van der Waals surface area contributed by atoms with E-state index in [-0.39, 0.29) is 18.1 Å². The van der Waals surface area contributed by atoms with E-state index in [2.05, 4.69) is 5.32 Å². The van der Waals surface area contributed by atoms with Crippen LogP contribution in [0, 0.1) is 5.82 Å². The van der Waals surface area contributed by atoms with Gasteiger partial charge in [0.2, 0.25) is 5.91 Å². The van der Waals surface area contributed by atoms with Gasteiger partial charge < -0.3 is 10.4 Å². The Morgan fingerprint density at radius 3 is 2.42 bits per heavy atom. The van der Waals surface area contributed by atoms with Crippen molar-refractivity contribution < 1.29 is 19.1 Å². The second-order valence-corrected chi connectivity index (χ2v) is 6.58. The van der Waals surface area contributed by atoms with Crippen LogP contribution in [-0.4, -0.2) is 23.5 Å². The highest BCUT2D eigenvalue weighted by Crippen LogP contribution is 2.42. The number of carboxylic acids is 1. The molecule has 0 aromatic heterocycles. The molecule has 1 fully saturated rings. The van der Waals surface area contributed by atoms with Crippen molar-refractivity contribution in [1.29, 1.82) is 0 Å². The first kappa shape index (κ1) is 18.4. The SMILES string of the molecule is O=C(O)CCCCCCNC(=O)C1(c2ccccc2F)CCCC1. The van der Waals surface area contributed by atoms with Crippen molar-refractivity contribution in [3.8, 4) is 0 Å². The van der Waals surface area contributed by atoms with Crippen LogP contribution < -0.4 is 5.32 Å². The van der Waals surface area contributed by atoms with E-state index in [1.165, 1.54) is 6.07 Å². The van der Waals surface area contributed by atoms with E-state index < -0.39 is 11.4 Å². The molecular weight excluding hydrogens is 309 g/mol. The first-order chi connectivity index (χ1) is 11.6. The molecule has 2 N–H and O–H groups in total. The molecule has 1 aliphatic rings. The molecule has 0 heterocycles. The Hall–Kier alpha value is -1.91. The van der Waals surface area contributed by atoms with Crippen LogP contribution in [0.25, 0.3) is 0 Å². The summed E-state index contributed by atoms with van der Waals surface area (Å²) in [6.45, 7) is 0.558. The minimum Gasteiger partial charge on any atom is -0.481 e. The van der Waals surface area contributed by atoms with E-state index in [1.54, 1.807) is 18.2 Å². The molecule has 0 bridgehead atoms. The fourth-order valence-corrected chi connectivity index (χ4v) is 3.57. The topological polar surface area (TPSA) is 66.4 Å². The van der Waals surface area contributed by atoms with E-state index in [0.717, 1.165) is 32.1 Å². The molecule has 1 aromatic carbocycles. The molecule has 132 valence electrons. The second kappa shape index (κ2) is 8.81. The van der Waals surface area contributed by atoms with Crippen molar-refractivity contribution >= 4 is 11.9 Å². The number of aliphatic carboxylic acids is 1. The van der Waals surface area contributed by atoms with Crippen LogP contribution in [0.5, 0.6) is 0 Å². The summed E-state index contributed by atoms with van der Waals surface area (Å²) in [7, 11) is 0. The molecule has 4 nitrogen and oxygen atoms in total. The van der Waals surface area contributed by atoms with Crippen LogP contribution in [0.2, 0.25) is 0 Å². The van der Waals surface area contributed by atoms with Gasteiger partial charge in [0.15, 0.2) is 0 Å². The van der Waals surface area contributed by atoms with E-state index in [4.69, 9.17) is 5.11 Å². The quantitative estimate of drug-likeness (QED) is 0.675. The maximum Gasteiger partial charge on any atom is 0.303 e. The van der Waals surface area contributed by atoms with Crippen LogP contribution >= 0.6 is 0 Å². The largest absolute Gasteiger partial charge is 0.481 e. The number of rotatable bonds is 9. The molecule has 1 amide bonds. The highest BCUT2D eigenvalue weighted by atomic mass is 19.1. The first-order valence-electron chi connectivity index (χ1n) is 8.81. The zero-order valence-corrected chi connectivity index (χ0v) is 14.0. The zero-order chi connectivity index (χ0) is 17.4. The van der Waals surface area contributed by atoms with E-state index >= 15 is 0 Å². The lowest BCUT2D eigenvalue weighted by Gasteiger charge is -2.28. The summed E-state index contributed by atoms with van der Waals surface area (Å²) in [5.41, 5.74) is -0.212. The summed E-state index contributed by atoms with van der Waals surface area (Å²) < 4.78 is 14.2. The number of carbonyl (C=O) groups excluding carboxylic acids is 1. The maximum absolute atomic E-state index is 14.2. The lowest BCUT2D eigenvalue weighted by atomic mass is 9.77. The standard InChI is InChI=1S/C19H26FNO3/c20-16-10-5-4-9-15(16)19(12-6-7-13-19)18(24)21-14-8-2-1-3-11-17(22)23/h4-5,9-10H,1-3,6-8,11-14H2,(H,21,24)(H,22,23). The molecule has 0 radical (unpaired) electrons. The van der Waals surface area contributed by atoms with Gasteiger partial charge in [-0.1, -0.05) is 43.9 Å². The molecule has 0 atom stereocenters. The number of hydrogen-bond acceptors (Lipinski definition) is 2. The summed E-state index contributed by atoms with van der Waals surface area (Å²) >= 11 is 0. The number of amides is 1. The minimum atomic E-state index is -0.767. The number of hydrogen-bond donors (Lipinski definition) is 2. The van der Waals surface area contributed by atoms with Crippen LogP contribution in [0.3, 0.4) is 0 Å². The van der Waals surface area contributed by atoms with Gasteiger partial charge in [0, 0.05) is 18.5 Å². The molecule has 1 aromatic rings. The van der Waals surface area contributed by atoms with Gasteiger partial charge in [0.05, 0.1) is 5.41 Å². The molecule has 24 heavy (non-hydrogen) atoms. The maximum atomic E-state index is 14.2. The summed E-state index contributed by atoms with van der Waals surface area (Å²) in [5.74, 6) is -1.14. The van der Waals surface area contributed by atoms with Crippen molar-refractivity contribution in [2.45, 2.75) is 63.2 Å². The predicted octanol–water partition coefficient (Wildman–Crippen LogP) is 3.79. The molecule has 0 aliphatic heterocycles. The number of carbonyl (C=O) groups is 2. The minimum absolute atomic E-state index is 0.0735. The van der Waals surface area contributed by atoms with Crippen molar-refractivity contribution in [3.63, 3.8) is 0 Å². The molecule has 0 spiro atoms. The summed E-state index contributed by atoms with van der Waals surface area (Å²) in [5, 5.41) is 11.6. The Morgan fingerprint density at radius 2 is 1.75 bits per heavy atom. The molecular formula is C19H26FNO3. The van der Waals surface area contributed by atoms with E-state index in [0.29, 0.717) is 31.4 Å². The van der Waals surface area contributed by atoms with Gasteiger partial charge in [-0.15, -0.1) is 0 Å². The molecule has 2 rings (SSSR count). The van der Waals surface area contributed by atoms with Gasteiger partial charge in [0.1, 0.15) is 5.82 Å². The highest BCUT2D eigenvalue weighted by molar-refractivity contribution is 5.88. The lowest BCUT2D eigenvalue weighted by Crippen LogP contribution is -2.43. The van der Waals surface area contributed by atoms with Crippen LogP contribution in [-0.2, 0) is 15.0 Å². The smallest absolute Gasteiger partial charge is 0.303 e. The number of halogens is 1. The second-order valence-electron chi connectivity index (χ2n) is 6.58. The normalized spacial score (nSPS) is 16.0. The van der Waals surface area contributed by atoms with Crippen molar-refractivity contribution in [3.05, 3.63) is 35.6 Å². The van der Waals surface area contributed by atoms with Gasteiger partial charge in [-0.05, 0) is 31.7 Å². The number of unbranched alkanes of at least 4 members (excludes halogenated alkanes) is 3. The van der Waals surface area contributed by atoms with Gasteiger partial charge in [0.25, 0.3) is 0 Å². The number of carboxylic acid groups (broad SMARTS) is 1. The first-order valence-corrected chi connectivity index (χ1v) is 8.81. The predicted molar refractivity (Wildman–Crippen MR) is 90.3 cm³/mol. The van der Waals surface area contributed by atoms with Gasteiger partial charge in [-0.3, -0.25) is 9.59 Å². The van der Waals surface area contributed by atoms with Gasteiger partial charge in [-0.2, -0.15) is 0 Å². The molecule has 1 aliphatic carbocycles. The Balaban J connectivity index is 1.85. The summed E-state index contributed by atoms with van der Waals surface area (Å²) in [4.78, 5) is 23.2. The Morgan fingerprint density at radius 1 is 1.08 bits per heavy atom. The fourth-order valence-electron chi connectivity index (χ4n) is 3.57. The number of benzene rings is 1. The van der Waals surface area contributed by atoms with Gasteiger partial charge >= 0.3 is 5.97 Å². The van der Waals surface area contributed by atoms with Crippen LogP contribution in [0.4, 0.5) is 4.39 Å². The third kappa shape index (κ3) is 4.56. The van der Waals surface area contributed by atoms with Crippen LogP contribution in [0.15, 0.2) is 24.3 Å². The van der Waals surface area contributed by atoms with E-state index in [1.807, 2.05) is 0 Å². The average Bonchev–Trinajstić information content (AvgIpc) is 3.04. The van der Waals surface area contributed by atoms with Crippen molar-refractivity contribution in [2.75, 3.05) is 6.54 Å². The molecule has 5 heteroatoms.